The number of aliphatic hydroxyl groups excluding tert-OH is 1. The molecule has 2 N–H and O–H groups in total. The average Bonchev–Trinajstić information content (AvgIpc) is 1.97. The number of carbonyl (C=O) groups is 2. The summed E-state index contributed by atoms with van der Waals surface area (Å²) in [6.45, 7) is 0.929. The number of ether oxygens (including phenoxy) is 1. The highest BCUT2D eigenvalue weighted by molar-refractivity contribution is 5.80. The Morgan fingerprint density at radius 1 is 1.55 bits per heavy atom. The second-order valence-corrected chi connectivity index (χ2v) is 1.85. The molecule has 5 heteroatoms. The zero-order valence-corrected chi connectivity index (χ0v) is 6.29. The van der Waals surface area contributed by atoms with Gasteiger partial charge in [0, 0.05) is 6.92 Å². The predicted molar refractivity (Wildman–Crippen MR) is 36.7 cm³/mol. The molecule has 0 aromatic carbocycles. The molecule has 0 fully saturated rings. The summed E-state index contributed by atoms with van der Waals surface area (Å²) in [4.78, 5) is 20.8. The Kier molecular flexibility index (Phi) is 5.10. The lowest BCUT2D eigenvalue weighted by atomic mass is 10.6. The number of hydrogen-bond acceptors (Lipinski definition) is 4. The molecule has 0 aliphatic rings. The van der Waals surface area contributed by atoms with E-state index < -0.39 is 5.97 Å². The quantitative estimate of drug-likeness (QED) is 0.500. The van der Waals surface area contributed by atoms with Crippen LogP contribution in [0.1, 0.15) is 6.92 Å². The van der Waals surface area contributed by atoms with Crippen LogP contribution in [0.4, 0.5) is 0 Å². The molecule has 11 heavy (non-hydrogen) atoms. The first-order chi connectivity index (χ1) is 5.16. The zero-order chi connectivity index (χ0) is 8.69. The van der Waals surface area contributed by atoms with Crippen LogP contribution in [0.5, 0.6) is 0 Å². The largest absolute Gasteiger partial charge is 0.462 e. The standard InChI is InChI=1S/C6H11NO4/c1-5(9)7-4-6(10)11-3-2-8/h8H,2-4H2,1H3,(H,7,9). The summed E-state index contributed by atoms with van der Waals surface area (Å²) in [6, 6.07) is 0. The minimum absolute atomic E-state index is 0.0293. The third-order valence-corrected chi connectivity index (χ3v) is 0.836. The van der Waals surface area contributed by atoms with Crippen molar-refractivity contribution in [2.75, 3.05) is 19.8 Å². The molecule has 0 saturated carbocycles. The summed E-state index contributed by atoms with van der Waals surface area (Å²) in [7, 11) is 0. The predicted octanol–water partition coefficient (Wildman–Crippen LogP) is -1.34. The molecule has 0 aliphatic carbocycles. The fraction of sp³-hybridized carbons (Fsp3) is 0.667. The van der Waals surface area contributed by atoms with Crippen LogP contribution in [0.25, 0.3) is 0 Å². The maximum atomic E-state index is 10.6. The van der Waals surface area contributed by atoms with Crippen LogP contribution in [0.2, 0.25) is 0 Å². The third kappa shape index (κ3) is 6.79. The molecule has 0 heterocycles. The summed E-state index contributed by atoms with van der Waals surface area (Å²) in [5, 5.41) is 10.5. The number of rotatable bonds is 4. The molecule has 0 rings (SSSR count). The molecule has 5 nitrogen and oxygen atoms in total. The first-order valence-corrected chi connectivity index (χ1v) is 3.17. The van der Waals surface area contributed by atoms with Gasteiger partial charge in [-0.1, -0.05) is 0 Å². The second-order valence-electron chi connectivity index (χ2n) is 1.85. The number of hydrogen-bond donors (Lipinski definition) is 2. The van der Waals surface area contributed by atoms with E-state index in [4.69, 9.17) is 5.11 Å². The molecule has 1 amide bonds. The van der Waals surface area contributed by atoms with Crippen molar-refractivity contribution in [1.82, 2.24) is 5.32 Å². The Morgan fingerprint density at radius 2 is 2.18 bits per heavy atom. The summed E-state index contributed by atoms with van der Waals surface area (Å²) >= 11 is 0. The Hall–Kier alpha value is -1.10. The van der Waals surface area contributed by atoms with Gasteiger partial charge < -0.3 is 15.2 Å². The zero-order valence-electron chi connectivity index (χ0n) is 6.29. The van der Waals surface area contributed by atoms with E-state index in [1.54, 1.807) is 0 Å². The van der Waals surface area contributed by atoms with E-state index in [-0.39, 0.29) is 25.7 Å². The van der Waals surface area contributed by atoms with Gasteiger partial charge >= 0.3 is 5.97 Å². The first-order valence-electron chi connectivity index (χ1n) is 3.17. The van der Waals surface area contributed by atoms with Gasteiger partial charge in [0.25, 0.3) is 0 Å². The fourth-order valence-corrected chi connectivity index (χ4v) is 0.407. The van der Waals surface area contributed by atoms with Gasteiger partial charge in [0.2, 0.25) is 5.91 Å². The molecule has 0 atom stereocenters. The van der Waals surface area contributed by atoms with Gasteiger partial charge in [0.15, 0.2) is 0 Å². The molecule has 0 saturated heterocycles. The number of carbonyl (C=O) groups excluding carboxylic acids is 2. The monoisotopic (exact) mass is 161 g/mol. The van der Waals surface area contributed by atoms with Gasteiger partial charge in [0.1, 0.15) is 13.2 Å². The van der Waals surface area contributed by atoms with E-state index >= 15 is 0 Å². The lowest BCUT2D eigenvalue weighted by molar-refractivity contribution is -0.144. The molecule has 0 unspecified atom stereocenters. The molecule has 0 aliphatic heterocycles. The van der Waals surface area contributed by atoms with Gasteiger partial charge in [-0.05, 0) is 0 Å². The van der Waals surface area contributed by atoms with E-state index in [1.807, 2.05) is 0 Å². The van der Waals surface area contributed by atoms with Crippen LogP contribution in [0.15, 0.2) is 0 Å². The third-order valence-electron chi connectivity index (χ3n) is 0.836. The summed E-state index contributed by atoms with van der Waals surface area (Å²) in [5.74, 6) is -0.833. The van der Waals surface area contributed by atoms with Crippen molar-refractivity contribution >= 4 is 11.9 Å². The van der Waals surface area contributed by atoms with Crippen LogP contribution in [0, 0.1) is 0 Å². The average molecular weight is 161 g/mol. The molecule has 0 radical (unpaired) electrons. The van der Waals surface area contributed by atoms with Crippen LogP contribution in [-0.2, 0) is 14.3 Å². The molecule has 64 valence electrons. The minimum Gasteiger partial charge on any atom is -0.462 e. The lowest BCUT2D eigenvalue weighted by Gasteiger charge is -2.01. The van der Waals surface area contributed by atoms with Crippen LogP contribution in [0.3, 0.4) is 0 Å². The summed E-state index contributed by atoms with van der Waals surface area (Å²) in [5.41, 5.74) is 0. The van der Waals surface area contributed by atoms with Gasteiger partial charge in [-0.2, -0.15) is 0 Å². The highest BCUT2D eigenvalue weighted by Crippen LogP contribution is 1.75. The minimum atomic E-state index is -0.547. The highest BCUT2D eigenvalue weighted by atomic mass is 16.5. The summed E-state index contributed by atoms with van der Waals surface area (Å²) in [6.07, 6.45) is 0. The molecular formula is C6H11NO4. The Labute approximate surface area is 64.3 Å². The molecular weight excluding hydrogens is 150 g/mol. The maximum Gasteiger partial charge on any atom is 0.325 e. The topological polar surface area (TPSA) is 75.6 Å². The smallest absolute Gasteiger partial charge is 0.325 e. The van der Waals surface area contributed by atoms with Crippen molar-refractivity contribution in [2.45, 2.75) is 6.92 Å². The van der Waals surface area contributed by atoms with E-state index in [0.717, 1.165) is 0 Å². The summed E-state index contributed by atoms with van der Waals surface area (Å²) < 4.78 is 4.44. The van der Waals surface area contributed by atoms with Crippen molar-refractivity contribution in [3.05, 3.63) is 0 Å². The van der Waals surface area contributed by atoms with Crippen molar-refractivity contribution in [3.63, 3.8) is 0 Å². The fourth-order valence-electron chi connectivity index (χ4n) is 0.407. The normalized spacial score (nSPS) is 8.91. The van der Waals surface area contributed by atoms with Crippen molar-refractivity contribution in [2.24, 2.45) is 0 Å². The molecule has 0 bridgehead atoms. The SMILES string of the molecule is CC(=O)NCC(=O)OCCO. The van der Waals surface area contributed by atoms with Gasteiger partial charge in [-0.15, -0.1) is 0 Å². The second kappa shape index (κ2) is 5.67. The van der Waals surface area contributed by atoms with Crippen LogP contribution < -0.4 is 5.32 Å². The Morgan fingerprint density at radius 3 is 2.64 bits per heavy atom. The van der Waals surface area contributed by atoms with Crippen LogP contribution in [-0.4, -0.2) is 36.7 Å². The van der Waals surface area contributed by atoms with E-state index in [1.165, 1.54) is 6.92 Å². The number of aliphatic hydroxyl groups is 1. The van der Waals surface area contributed by atoms with Gasteiger partial charge in [-0.3, -0.25) is 9.59 Å². The highest BCUT2D eigenvalue weighted by Gasteiger charge is 2.01. The van der Waals surface area contributed by atoms with E-state index in [0.29, 0.717) is 0 Å². The molecule has 0 aromatic heterocycles. The molecule has 0 spiro atoms. The van der Waals surface area contributed by atoms with E-state index in [9.17, 15) is 9.59 Å². The number of nitrogens with one attached hydrogen (secondary N) is 1. The number of esters is 1. The lowest BCUT2D eigenvalue weighted by Crippen LogP contribution is -2.28. The van der Waals surface area contributed by atoms with Crippen molar-refractivity contribution in [3.8, 4) is 0 Å². The maximum absolute atomic E-state index is 10.6. The van der Waals surface area contributed by atoms with Gasteiger partial charge in [0.05, 0.1) is 6.61 Å². The van der Waals surface area contributed by atoms with Crippen molar-refractivity contribution < 1.29 is 19.4 Å². The van der Waals surface area contributed by atoms with Crippen LogP contribution >= 0.6 is 0 Å². The molecule has 0 aromatic rings. The van der Waals surface area contributed by atoms with E-state index in [2.05, 4.69) is 10.1 Å². The Balaban J connectivity index is 3.30. The van der Waals surface area contributed by atoms with Gasteiger partial charge in [-0.25, -0.2) is 0 Å². The van der Waals surface area contributed by atoms with Crippen molar-refractivity contribution in [1.29, 1.82) is 0 Å². The Bertz CT molecular complexity index is 146. The first kappa shape index (κ1) is 9.90. The number of amides is 1.